The van der Waals surface area contributed by atoms with Crippen LogP contribution in [-0.2, 0) is 6.54 Å². The van der Waals surface area contributed by atoms with Crippen LogP contribution in [0.3, 0.4) is 0 Å². The quantitative estimate of drug-likeness (QED) is 0.510. The number of para-hydroxylation sites is 1. The number of aryl methyl sites for hydroxylation is 1. The second-order valence-corrected chi connectivity index (χ2v) is 8.42. The molecule has 0 saturated heterocycles. The van der Waals surface area contributed by atoms with Gasteiger partial charge in [-0.25, -0.2) is 0 Å². The maximum absolute atomic E-state index is 13.0. The Kier molecular flexibility index (Phi) is 7.23. The van der Waals surface area contributed by atoms with E-state index in [1.54, 1.807) is 0 Å². The van der Waals surface area contributed by atoms with Gasteiger partial charge in [0.15, 0.2) is 5.82 Å². The molecule has 0 unspecified atom stereocenters. The molecule has 6 nitrogen and oxygen atoms in total. The Morgan fingerprint density at radius 3 is 2.39 bits per heavy atom. The number of benzene rings is 2. The zero-order valence-corrected chi connectivity index (χ0v) is 19.3. The van der Waals surface area contributed by atoms with Gasteiger partial charge < -0.3 is 9.84 Å². The van der Waals surface area contributed by atoms with Gasteiger partial charge in [0, 0.05) is 24.1 Å². The molecule has 0 aliphatic carbocycles. The smallest absolute Gasteiger partial charge is 0.260 e. The van der Waals surface area contributed by atoms with Crippen molar-refractivity contribution in [3.8, 4) is 11.5 Å². The maximum atomic E-state index is 13.0. The molecule has 1 N–H and O–H groups in total. The summed E-state index contributed by atoms with van der Waals surface area (Å²) in [4.78, 5) is 19.8. The molecule has 6 heteroatoms. The van der Waals surface area contributed by atoms with Crippen LogP contribution in [-0.4, -0.2) is 33.5 Å². The van der Waals surface area contributed by atoms with Crippen LogP contribution in [0.1, 0.15) is 67.8 Å². The molecule has 1 aromatic heterocycles. The molecule has 31 heavy (non-hydrogen) atoms. The van der Waals surface area contributed by atoms with Crippen molar-refractivity contribution in [3.05, 3.63) is 65.0 Å². The molecule has 2 aromatic carbocycles. The molecule has 0 atom stereocenters. The van der Waals surface area contributed by atoms with E-state index in [1.165, 1.54) is 5.56 Å². The summed E-state index contributed by atoms with van der Waals surface area (Å²) >= 11 is 0. The van der Waals surface area contributed by atoms with E-state index >= 15 is 0 Å². The van der Waals surface area contributed by atoms with Crippen LogP contribution in [0.25, 0.3) is 11.5 Å². The zero-order valence-electron chi connectivity index (χ0n) is 19.3. The highest BCUT2D eigenvalue weighted by Crippen LogP contribution is 2.31. The normalized spacial score (nSPS) is 11.5. The monoisotopic (exact) mass is 420 g/mol. The number of aromatic nitrogens is 2. The molecule has 0 saturated carbocycles. The Labute approximate surface area is 184 Å². The van der Waals surface area contributed by atoms with Crippen molar-refractivity contribution in [1.82, 2.24) is 15.0 Å². The SMILES string of the molecule is CCN(Cc1ccc(C(=O)Nc2c(C)cccc2-c2nc(C(C)C)no2)cc1)C(C)C. The van der Waals surface area contributed by atoms with Gasteiger partial charge in [0.1, 0.15) is 0 Å². The van der Waals surface area contributed by atoms with Crippen LogP contribution < -0.4 is 5.32 Å². The van der Waals surface area contributed by atoms with Crippen molar-refractivity contribution >= 4 is 11.6 Å². The fourth-order valence-corrected chi connectivity index (χ4v) is 3.43. The minimum Gasteiger partial charge on any atom is -0.334 e. The topological polar surface area (TPSA) is 71.3 Å². The lowest BCUT2D eigenvalue weighted by atomic mass is 10.1. The third-order valence-corrected chi connectivity index (χ3v) is 5.44. The largest absolute Gasteiger partial charge is 0.334 e. The highest BCUT2D eigenvalue weighted by molar-refractivity contribution is 6.06. The summed E-state index contributed by atoms with van der Waals surface area (Å²) in [6, 6.07) is 14.0. The summed E-state index contributed by atoms with van der Waals surface area (Å²) in [6.45, 7) is 14.4. The molecule has 3 rings (SSSR count). The first-order valence-electron chi connectivity index (χ1n) is 10.9. The van der Waals surface area contributed by atoms with Crippen molar-refractivity contribution in [3.63, 3.8) is 0 Å². The van der Waals surface area contributed by atoms with E-state index in [4.69, 9.17) is 4.52 Å². The lowest BCUT2D eigenvalue weighted by molar-refractivity contribution is 0.102. The second-order valence-electron chi connectivity index (χ2n) is 8.42. The van der Waals surface area contributed by atoms with Crippen molar-refractivity contribution in [2.75, 3.05) is 11.9 Å². The predicted octanol–water partition coefficient (Wildman–Crippen LogP) is 5.65. The molecule has 0 spiro atoms. The van der Waals surface area contributed by atoms with E-state index in [2.05, 4.69) is 41.1 Å². The first-order valence-corrected chi connectivity index (χ1v) is 10.9. The zero-order chi connectivity index (χ0) is 22.5. The molecule has 3 aromatic rings. The number of carbonyl (C=O) groups excluding carboxylic acids is 1. The van der Waals surface area contributed by atoms with Crippen molar-refractivity contribution < 1.29 is 9.32 Å². The van der Waals surface area contributed by atoms with Crippen LogP contribution in [0.4, 0.5) is 5.69 Å². The van der Waals surface area contributed by atoms with Gasteiger partial charge in [0.05, 0.1) is 11.3 Å². The number of amides is 1. The Balaban J connectivity index is 1.80. The molecule has 0 aliphatic heterocycles. The van der Waals surface area contributed by atoms with E-state index in [1.807, 2.05) is 63.2 Å². The molecule has 0 radical (unpaired) electrons. The number of hydrogen-bond acceptors (Lipinski definition) is 5. The van der Waals surface area contributed by atoms with Crippen molar-refractivity contribution in [2.24, 2.45) is 0 Å². The number of carbonyl (C=O) groups is 1. The Bertz CT molecular complexity index is 1020. The van der Waals surface area contributed by atoms with Crippen molar-refractivity contribution in [1.29, 1.82) is 0 Å². The van der Waals surface area contributed by atoms with Gasteiger partial charge in [-0.05, 0) is 56.6 Å². The molecule has 1 amide bonds. The van der Waals surface area contributed by atoms with Crippen LogP contribution in [0.2, 0.25) is 0 Å². The second kappa shape index (κ2) is 9.88. The summed E-state index contributed by atoms with van der Waals surface area (Å²) in [5.41, 5.74) is 4.14. The van der Waals surface area contributed by atoms with Gasteiger partial charge in [-0.2, -0.15) is 4.98 Å². The minimum atomic E-state index is -0.165. The predicted molar refractivity (Wildman–Crippen MR) is 124 cm³/mol. The fourth-order valence-electron chi connectivity index (χ4n) is 3.43. The minimum absolute atomic E-state index is 0.165. The van der Waals surface area contributed by atoms with Gasteiger partial charge in [0.25, 0.3) is 11.8 Å². The average molecular weight is 421 g/mol. The molecular formula is C25H32N4O2. The first-order chi connectivity index (χ1) is 14.8. The average Bonchev–Trinajstić information content (AvgIpc) is 3.24. The third-order valence-electron chi connectivity index (χ3n) is 5.44. The van der Waals surface area contributed by atoms with E-state index in [9.17, 15) is 4.79 Å². The first kappa shape index (κ1) is 22.7. The fraction of sp³-hybridized carbons (Fsp3) is 0.400. The highest BCUT2D eigenvalue weighted by Gasteiger charge is 2.18. The standard InChI is InChI=1S/C25H32N4O2/c1-7-29(17(4)5)15-19-11-13-20(14-12-19)24(30)26-22-18(6)9-8-10-21(22)25-27-23(16(2)3)28-31-25/h8-14,16-17H,7,15H2,1-6H3,(H,26,30). The van der Waals surface area contributed by atoms with Gasteiger partial charge in [-0.15, -0.1) is 0 Å². The van der Waals surface area contributed by atoms with Gasteiger partial charge in [-0.1, -0.05) is 50.2 Å². The summed E-state index contributed by atoms with van der Waals surface area (Å²) in [5.74, 6) is 1.05. The summed E-state index contributed by atoms with van der Waals surface area (Å²) in [7, 11) is 0. The Hall–Kier alpha value is -2.99. The van der Waals surface area contributed by atoms with Crippen LogP contribution >= 0.6 is 0 Å². The molecule has 164 valence electrons. The lowest BCUT2D eigenvalue weighted by Gasteiger charge is -2.24. The number of hydrogen-bond donors (Lipinski definition) is 1. The molecule has 0 fully saturated rings. The molecular weight excluding hydrogens is 388 g/mol. The van der Waals surface area contributed by atoms with Gasteiger partial charge in [0.2, 0.25) is 0 Å². The summed E-state index contributed by atoms with van der Waals surface area (Å²) in [5, 5.41) is 7.09. The Morgan fingerprint density at radius 2 is 1.81 bits per heavy atom. The van der Waals surface area contributed by atoms with Crippen LogP contribution in [0.5, 0.6) is 0 Å². The van der Waals surface area contributed by atoms with Crippen molar-refractivity contribution in [2.45, 2.75) is 60.0 Å². The number of rotatable bonds is 8. The van der Waals surface area contributed by atoms with Gasteiger partial charge >= 0.3 is 0 Å². The van der Waals surface area contributed by atoms with Crippen LogP contribution in [0, 0.1) is 6.92 Å². The Morgan fingerprint density at radius 1 is 1.10 bits per heavy atom. The highest BCUT2D eigenvalue weighted by atomic mass is 16.5. The van der Waals surface area contributed by atoms with E-state index in [0.29, 0.717) is 29.0 Å². The third kappa shape index (κ3) is 5.39. The molecule has 1 heterocycles. The number of nitrogens with zero attached hydrogens (tertiary/aromatic N) is 3. The van der Waals surface area contributed by atoms with Gasteiger partial charge in [-0.3, -0.25) is 9.69 Å². The molecule has 0 aliphatic rings. The number of anilines is 1. The lowest BCUT2D eigenvalue weighted by Crippen LogP contribution is -2.29. The van der Waals surface area contributed by atoms with E-state index in [0.717, 1.165) is 24.2 Å². The maximum Gasteiger partial charge on any atom is 0.260 e. The summed E-state index contributed by atoms with van der Waals surface area (Å²) < 4.78 is 5.46. The van der Waals surface area contributed by atoms with E-state index in [-0.39, 0.29) is 11.8 Å². The number of nitrogens with one attached hydrogen (secondary N) is 1. The van der Waals surface area contributed by atoms with E-state index < -0.39 is 0 Å². The molecule has 0 bridgehead atoms. The summed E-state index contributed by atoms with van der Waals surface area (Å²) in [6.07, 6.45) is 0. The van der Waals surface area contributed by atoms with Crippen LogP contribution in [0.15, 0.2) is 47.0 Å².